The Kier molecular flexibility index (Phi) is 19.7. The highest BCUT2D eigenvalue weighted by molar-refractivity contribution is 6.04. The Morgan fingerprint density at radius 1 is 0.370 bits per heavy atom. The van der Waals surface area contributed by atoms with Crippen LogP contribution >= 0.6 is 0 Å². The van der Waals surface area contributed by atoms with Crippen molar-refractivity contribution in [1.82, 2.24) is 0 Å². The molecule has 10 aromatic rings. The van der Waals surface area contributed by atoms with E-state index in [1.807, 2.05) is 0 Å². The van der Waals surface area contributed by atoms with Gasteiger partial charge in [0.25, 0.3) is 0 Å². The van der Waals surface area contributed by atoms with Gasteiger partial charge in [-0.25, -0.2) is 19.2 Å². The number of phenols is 10. The minimum atomic E-state index is -2.44. The van der Waals surface area contributed by atoms with Gasteiger partial charge in [-0.1, -0.05) is 152 Å². The number of ether oxygens (including phenoxy) is 11. The smallest absolute Gasteiger partial charge is 0.340 e. The van der Waals surface area contributed by atoms with Crippen LogP contribution in [0.1, 0.15) is 69.2 Å². The van der Waals surface area contributed by atoms with Crippen molar-refractivity contribution in [3.8, 4) is 103 Å². The standard InChI is InChI=1S/C75H60O25/c76-49-26-45(27-50(77)63(49)90-34-40-16-6-1-7-17-40)71(86)98-69-68-58(39-95-74(89)48-32-55(82)66(93-37-43-22-12-4-13-23-43)61(84)59(48)60-57(96-68)33-56(83)67(62(60)85)94-38-44-24-14-5-15-25-44)97-75(100-73(88)47-30-53(80)65(54(81)31-47)92-36-42-20-10-3-11-21-42)70(69)99-72(87)46-28-51(78)64(52(79)29-46)91-35-41-18-8-2-9-19-41/h1-33,58,68-70,75-85H,34-39H2/t58-,68-,69+,70-,75+/m1/s1. The van der Waals surface area contributed by atoms with Crippen LogP contribution in [-0.2, 0) is 56.7 Å². The molecule has 510 valence electrons. The van der Waals surface area contributed by atoms with Crippen LogP contribution in [0.25, 0.3) is 11.1 Å². The first kappa shape index (κ1) is 66.8. The molecule has 0 amide bonds. The van der Waals surface area contributed by atoms with Crippen LogP contribution < -0.4 is 28.4 Å². The molecule has 2 heterocycles. The minimum Gasteiger partial charge on any atom is -0.504 e. The molecule has 0 spiro atoms. The molecule has 2 aliphatic heterocycles. The van der Waals surface area contributed by atoms with E-state index >= 15 is 4.79 Å². The first-order chi connectivity index (χ1) is 48.3. The van der Waals surface area contributed by atoms with Crippen molar-refractivity contribution in [2.24, 2.45) is 0 Å². The van der Waals surface area contributed by atoms with E-state index < -0.39 is 187 Å². The Morgan fingerprint density at radius 3 is 1.05 bits per heavy atom. The molecule has 0 aromatic heterocycles. The van der Waals surface area contributed by atoms with Gasteiger partial charge in [-0.15, -0.1) is 0 Å². The number of cyclic esters (lactones) is 1. The number of fused-ring (bicyclic) bond motifs is 4. The zero-order valence-electron chi connectivity index (χ0n) is 52.3. The van der Waals surface area contributed by atoms with Gasteiger partial charge in [-0.3, -0.25) is 0 Å². The molecule has 2 aliphatic rings. The second kappa shape index (κ2) is 29.5. The molecule has 0 saturated carbocycles. The van der Waals surface area contributed by atoms with Gasteiger partial charge in [0.05, 0.1) is 27.8 Å². The van der Waals surface area contributed by atoms with Gasteiger partial charge in [0.1, 0.15) is 51.5 Å². The molecule has 0 bridgehead atoms. The molecule has 25 nitrogen and oxygen atoms in total. The number of rotatable bonds is 21. The normalized spacial score (nSPS) is 16.1. The highest BCUT2D eigenvalue weighted by atomic mass is 16.7. The number of aromatic hydroxyl groups is 10. The van der Waals surface area contributed by atoms with Crippen molar-refractivity contribution in [1.29, 1.82) is 0 Å². The van der Waals surface area contributed by atoms with Crippen LogP contribution in [0.2, 0.25) is 0 Å². The lowest BCUT2D eigenvalue weighted by Crippen LogP contribution is -2.64. The maximum absolute atomic E-state index is 15.1. The highest BCUT2D eigenvalue weighted by Gasteiger charge is 2.55. The van der Waals surface area contributed by atoms with E-state index in [1.54, 1.807) is 152 Å². The van der Waals surface area contributed by atoms with Crippen molar-refractivity contribution in [3.63, 3.8) is 0 Å². The van der Waals surface area contributed by atoms with Crippen molar-refractivity contribution >= 4 is 23.9 Å². The van der Waals surface area contributed by atoms with E-state index in [0.29, 0.717) is 27.8 Å². The molecule has 5 atom stereocenters. The molecule has 12 rings (SSSR count). The number of esters is 4. The molecule has 100 heavy (non-hydrogen) atoms. The van der Waals surface area contributed by atoms with E-state index in [4.69, 9.17) is 52.1 Å². The van der Waals surface area contributed by atoms with E-state index in [9.17, 15) is 65.4 Å². The summed E-state index contributed by atoms with van der Waals surface area (Å²) >= 11 is 0. The number of phenolic OH excluding ortho intramolecular Hbond substituents is 10. The lowest BCUT2D eigenvalue weighted by atomic mass is 9.93. The average molecular weight is 1360 g/mol. The average Bonchev–Trinajstić information content (AvgIpc) is 0.743. The Labute approximate surface area is 567 Å². The van der Waals surface area contributed by atoms with E-state index in [0.717, 1.165) is 48.5 Å². The first-order valence-electron chi connectivity index (χ1n) is 30.7. The second-order valence-corrected chi connectivity index (χ2v) is 22.7. The van der Waals surface area contributed by atoms with Gasteiger partial charge in [0.2, 0.25) is 41.1 Å². The monoisotopic (exact) mass is 1360 g/mol. The van der Waals surface area contributed by atoms with Crippen LogP contribution in [0, 0.1) is 0 Å². The maximum Gasteiger partial charge on any atom is 0.340 e. The second-order valence-electron chi connectivity index (χ2n) is 22.7. The highest BCUT2D eigenvalue weighted by Crippen LogP contribution is 2.57. The van der Waals surface area contributed by atoms with Crippen LogP contribution in [0.5, 0.6) is 92.0 Å². The predicted molar refractivity (Wildman–Crippen MR) is 349 cm³/mol. The van der Waals surface area contributed by atoms with Gasteiger partial charge in [-0.2, -0.15) is 0 Å². The fraction of sp³-hybridized carbons (Fsp3) is 0.147. The van der Waals surface area contributed by atoms with Crippen molar-refractivity contribution < 1.29 is 122 Å². The third kappa shape index (κ3) is 14.8. The summed E-state index contributed by atoms with van der Waals surface area (Å²) < 4.78 is 66.5. The molecule has 25 heteroatoms. The lowest BCUT2D eigenvalue weighted by molar-refractivity contribution is -0.279. The van der Waals surface area contributed by atoms with E-state index in [1.165, 1.54) is 0 Å². The molecule has 10 N–H and O–H groups in total. The lowest BCUT2D eigenvalue weighted by Gasteiger charge is -2.44. The first-order valence-corrected chi connectivity index (χ1v) is 30.7. The van der Waals surface area contributed by atoms with Crippen LogP contribution in [0.15, 0.2) is 200 Å². The summed E-state index contributed by atoms with van der Waals surface area (Å²) in [5, 5.41) is 117. The molecule has 0 aliphatic carbocycles. The fourth-order valence-electron chi connectivity index (χ4n) is 11.0. The Morgan fingerprint density at radius 2 is 0.680 bits per heavy atom. The van der Waals surface area contributed by atoms with Gasteiger partial charge in [0.15, 0.2) is 69.7 Å². The predicted octanol–water partition coefficient (Wildman–Crippen LogP) is 11.3. The molecule has 10 aromatic carbocycles. The van der Waals surface area contributed by atoms with Crippen molar-refractivity contribution in [3.05, 3.63) is 250 Å². The number of carbonyl (C=O) groups excluding carboxylic acids is 4. The SMILES string of the molecule is O=C(O[C@@H]1O[C@@H]2COC(=O)c3cc(O)c(OCc4ccccc4)c(O)c3-c3c(cc(O)c(OCc4ccccc4)c3O)O[C@H]2[C@H](OC(=O)c2cc(O)c(OCc3ccccc3)c(O)c2)[C@H]1OC(=O)c1cc(O)c(OCc2ccccc2)c(O)c1)c1cc(O)c(OCc2ccccc2)c(O)c1. The zero-order valence-corrected chi connectivity index (χ0v) is 52.3. The summed E-state index contributed by atoms with van der Waals surface area (Å²) in [4.78, 5) is 59.7. The minimum absolute atomic E-state index is 0.153. The molecule has 0 unspecified atom stereocenters. The van der Waals surface area contributed by atoms with Gasteiger partial charge < -0.3 is 103 Å². The molecular formula is C75H60O25. The van der Waals surface area contributed by atoms with Crippen LogP contribution in [0.3, 0.4) is 0 Å². The maximum atomic E-state index is 15.1. The van der Waals surface area contributed by atoms with Gasteiger partial charge in [-0.05, 0) is 70.3 Å². The van der Waals surface area contributed by atoms with Crippen LogP contribution in [0.4, 0.5) is 0 Å². The molecular weight excluding hydrogens is 1300 g/mol. The molecule has 1 saturated heterocycles. The van der Waals surface area contributed by atoms with Gasteiger partial charge >= 0.3 is 23.9 Å². The van der Waals surface area contributed by atoms with Gasteiger partial charge in [0, 0.05) is 11.6 Å². The summed E-state index contributed by atoms with van der Waals surface area (Å²) in [7, 11) is 0. The zero-order chi connectivity index (χ0) is 70.1. The number of hydrogen-bond donors (Lipinski definition) is 10. The molecule has 1 fully saturated rings. The fourth-order valence-corrected chi connectivity index (χ4v) is 11.0. The topological polar surface area (TPSA) is 372 Å². The summed E-state index contributed by atoms with van der Waals surface area (Å²) in [5.74, 6) is -17.9. The van der Waals surface area contributed by atoms with E-state index in [-0.39, 0.29) is 33.0 Å². The Hall–Kier alpha value is -13.2. The number of hydrogen-bond acceptors (Lipinski definition) is 25. The summed E-state index contributed by atoms with van der Waals surface area (Å²) in [5.41, 5.74) is -1.03. The Balaban J connectivity index is 1.000. The van der Waals surface area contributed by atoms with Crippen molar-refractivity contribution in [2.75, 3.05) is 6.61 Å². The number of carbonyl (C=O) groups is 4. The summed E-state index contributed by atoms with van der Waals surface area (Å²) in [6.07, 6.45) is -11.4. The van der Waals surface area contributed by atoms with E-state index in [2.05, 4.69) is 0 Å². The third-order valence-corrected chi connectivity index (χ3v) is 15.8. The number of benzene rings is 10. The van der Waals surface area contributed by atoms with Crippen molar-refractivity contribution in [2.45, 2.75) is 63.7 Å². The quantitative estimate of drug-likeness (QED) is 0.0236. The molecule has 0 radical (unpaired) electrons. The Bertz CT molecular complexity index is 4580. The largest absolute Gasteiger partial charge is 0.504 e. The summed E-state index contributed by atoms with van der Waals surface area (Å²) in [6, 6.07) is 49.5. The summed E-state index contributed by atoms with van der Waals surface area (Å²) in [6.45, 7) is -2.17. The van der Waals surface area contributed by atoms with Crippen LogP contribution in [-0.4, -0.2) is 112 Å². The third-order valence-electron chi connectivity index (χ3n) is 15.8.